The van der Waals surface area contributed by atoms with Gasteiger partial charge < -0.3 is 15.1 Å². The molecular formula is C14H16BrN3O3. The van der Waals surface area contributed by atoms with Crippen LogP contribution >= 0.6 is 15.9 Å². The van der Waals surface area contributed by atoms with E-state index in [0.717, 1.165) is 16.4 Å². The predicted octanol–water partition coefficient (Wildman–Crippen LogP) is 0.997. The Kier molecular flexibility index (Phi) is 4.95. The van der Waals surface area contributed by atoms with E-state index in [1.54, 1.807) is 11.0 Å². The molecule has 6 nitrogen and oxygen atoms in total. The number of hydrogen-bond acceptors (Lipinski definition) is 3. The monoisotopic (exact) mass is 353 g/mol. The molecule has 1 heterocycles. The van der Waals surface area contributed by atoms with Crippen LogP contribution in [0.4, 0.5) is 5.69 Å². The maximum absolute atomic E-state index is 12.1. The summed E-state index contributed by atoms with van der Waals surface area (Å²) >= 11 is 3.35. The number of nitrogens with zero attached hydrogens (tertiary/aromatic N) is 2. The number of anilines is 1. The normalized spacial score (nSPS) is 14.8. The van der Waals surface area contributed by atoms with Crippen molar-refractivity contribution in [3.8, 4) is 0 Å². The second-order valence-corrected chi connectivity index (χ2v) is 5.73. The van der Waals surface area contributed by atoms with Crippen molar-refractivity contribution >= 4 is 39.8 Å². The summed E-state index contributed by atoms with van der Waals surface area (Å²) in [4.78, 5) is 37.7. The number of amides is 3. The molecule has 112 valence electrons. The van der Waals surface area contributed by atoms with Gasteiger partial charge >= 0.3 is 11.8 Å². The van der Waals surface area contributed by atoms with Gasteiger partial charge in [0, 0.05) is 30.7 Å². The molecule has 1 N–H and O–H groups in total. The van der Waals surface area contributed by atoms with Crippen molar-refractivity contribution in [2.45, 2.75) is 6.92 Å². The number of rotatable bonds is 2. The van der Waals surface area contributed by atoms with E-state index in [4.69, 9.17) is 0 Å². The average molecular weight is 354 g/mol. The largest absolute Gasteiger partial charge is 0.342 e. The Morgan fingerprint density at radius 3 is 2.48 bits per heavy atom. The Morgan fingerprint density at radius 1 is 1.24 bits per heavy atom. The van der Waals surface area contributed by atoms with Crippen LogP contribution in [-0.2, 0) is 14.4 Å². The third kappa shape index (κ3) is 3.81. The zero-order chi connectivity index (χ0) is 15.4. The number of piperazine rings is 1. The summed E-state index contributed by atoms with van der Waals surface area (Å²) in [6.45, 7) is 3.60. The van der Waals surface area contributed by atoms with Gasteiger partial charge in [-0.3, -0.25) is 14.4 Å². The number of nitrogens with one attached hydrogen (secondary N) is 1. The van der Waals surface area contributed by atoms with E-state index >= 15 is 0 Å². The van der Waals surface area contributed by atoms with Crippen LogP contribution in [0.1, 0.15) is 5.56 Å². The topological polar surface area (TPSA) is 69.7 Å². The summed E-state index contributed by atoms with van der Waals surface area (Å²) in [7, 11) is 0. The number of carbonyl (C=O) groups is 3. The lowest BCUT2D eigenvalue weighted by Crippen LogP contribution is -2.51. The van der Waals surface area contributed by atoms with E-state index in [1.165, 1.54) is 4.90 Å². The Balaban J connectivity index is 1.97. The first-order valence-electron chi connectivity index (χ1n) is 6.57. The van der Waals surface area contributed by atoms with Gasteiger partial charge in [0.2, 0.25) is 6.41 Å². The quantitative estimate of drug-likeness (QED) is 0.636. The highest BCUT2D eigenvalue weighted by Crippen LogP contribution is 2.23. The highest BCUT2D eigenvalue weighted by Gasteiger charge is 2.25. The number of benzene rings is 1. The van der Waals surface area contributed by atoms with Gasteiger partial charge in [0.1, 0.15) is 0 Å². The van der Waals surface area contributed by atoms with Crippen LogP contribution in [0.2, 0.25) is 0 Å². The predicted molar refractivity (Wildman–Crippen MR) is 81.7 cm³/mol. The van der Waals surface area contributed by atoms with E-state index in [1.807, 2.05) is 19.1 Å². The van der Waals surface area contributed by atoms with Crippen LogP contribution in [0.3, 0.4) is 0 Å². The summed E-state index contributed by atoms with van der Waals surface area (Å²) in [5.41, 5.74) is 1.61. The summed E-state index contributed by atoms with van der Waals surface area (Å²) in [5.74, 6) is -1.24. The van der Waals surface area contributed by atoms with Gasteiger partial charge in [0.15, 0.2) is 0 Å². The maximum Gasteiger partial charge on any atom is 0.313 e. The van der Waals surface area contributed by atoms with Crippen molar-refractivity contribution in [1.82, 2.24) is 9.80 Å². The molecule has 1 fully saturated rings. The average Bonchev–Trinajstić information content (AvgIpc) is 2.49. The van der Waals surface area contributed by atoms with E-state index in [2.05, 4.69) is 21.2 Å². The minimum absolute atomic E-state index is 0.375. The number of carbonyl (C=O) groups excluding carboxylic acids is 3. The van der Waals surface area contributed by atoms with Gasteiger partial charge in [0.05, 0.1) is 5.69 Å². The standard InChI is InChI=1S/C14H16BrN3O3/c1-10-2-3-12(11(15)8-10)16-13(20)14(21)18-6-4-17(9-19)5-7-18/h2-3,8-9H,4-7H2,1H3,(H,16,20). The molecule has 2 rings (SSSR count). The molecule has 7 heteroatoms. The fourth-order valence-electron chi connectivity index (χ4n) is 2.07. The highest BCUT2D eigenvalue weighted by atomic mass is 79.9. The molecule has 0 radical (unpaired) electrons. The molecule has 0 spiro atoms. The Hall–Kier alpha value is -1.89. The van der Waals surface area contributed by atoms with E-state index in [-0.39, 0.29) is 0 Å². The molecule has 1 aliphatic heterocycles. The van der Waals surface area contributed by atoms with Gasteiger partial charge in [-0.05, 0) is 40.5 Å². The number of aryl methyl sites for hydroxylation is 1. The molecule has 0 aliphatic carbocycles. The lowest BCUT2D eigenvalue weighted by Gasteiger charge is -2.32. The first-order valence-corrected chi connectivity index (χ1v) is 7.36. The van der Waals surface area contributed by atoms with Crippen LogP contribution in [0.5, 0.6) is 0 Å². The maximum atomic E-state index is 12.1. The smallest absolute Gasteiger partial charge is 0.313 e. The first kappa shape index (κ1) is 15.5. The Morgan fingerprint density at radius 2 is 1.90 bits per heavy atom. The zero-order valence-electron chi connectivity index (χ0n) is 11.6. The molecule has 0 unspecified atom stereocenters. The zero-order valence-corrected chi connectivity index (χ0v) is 13.2. The Labute approximate surface area is 131 Å². The SMILES string of the molecule is Cc1ccc(NC(=O)C(=O)N2CCN(C=O)CC2)c(Br)c1. The highest BCUT2D eigenvalue weighted by molar-refractivity contribution is 9.10. The van der Waals surface area contributed by atoms with Crippen LogP contribution < -0.4 is 5.32 Å². The molecule has 1 aromatic carbocycles. The fourth-order valence-corrected chi connectivity index (χ4v) is 2.66. The second kappa shape index (κ2) is 6.71. The molecule has 0 saturated carbocycles. The summed E-state index contributed by atoms with van der Waals surface area (Å²) in [6.07, 6.45) is 0.755. The lowest BCUT2D eigenvalue weighted by molar-refractivity contribution is -0.144. The summed E-state index contributed by atoms with van der Waals surface area (Å²) < 4.78 is 0.731. The molecular weight excluding hydrogens is 338 g/mol. The van der Waals surface area contributed by atoms with Crippen LogP contribution in [-0.4, -0.2) is 54.2 Å². The molecule has 3 amide bonds. The van der Waals surface area contributed by atoms with Gasteiger partial charge in [-0.2, -0.15) is 0 Å². The van der Waals surface area contributed by atoms with Crippen molar-refractivity contribution in [1.29, 1.82) is 0 Å². The summed E-state index contributed by atoms with van der Waals surface area (Å²) in [5, 5.41) is 2.60. The van der Waals surface area contributed by atoms with Crippen molar-refractivity contribution in [2.24, 2.45) is 0 Å². The molecule has 1 saturated heterocycles. The number of halogens is 1. The molecule has 0 aromatic heterocycles. The van der Waals surface area contributed by atoms with E-state index in [9.17, 15) is 14.4 Å². The van der Waals surface area contributed by atoms with Crippen molar-refractivity contribution in [2.75, 3.05) is 31.5 Å². The van der Waals surface area contributed by atoms with Crippen LogP contribution in [0.25, 0.3) is 0 Å². The minimum Gasteiger partial charge on any atom is -0.342 e. The fraction of sp³-hybridized carbons (Fsp3) is 0.357. The lowest BCUT2D eigenvalue weighted by atomic mass is 10.2. The molecule has 1 aromatic rings. The van der Waals surface area contributed by atoms with E-state index < -0.39 is 11.8 Å². The Bertz CT molecular complexity index is 569. The molecule has 0 atom stereocenters. The van der Waals surface area contributed by atoms with Crippen LogP contribution in [0, 0.1) is 6.92 Å². The third-order valence-corrected chi connectivity index (χ3v) is 3.97. The first-order chi connectivity index (χ1) is 10.0. The molecule has 0 bridgehead atoms. The van der Waals surface area contributed by atoms with Gasteiger partial charge in [-0.1, -0.05) is 6.07 Å². The van der Waals surface area contributed by atoms with Crippen LogP contribution in [0.15, 0.2) is 22.7 Å². The molecule has 1 aliphatic rings. The van der Waals surface area contributed by atoms with Crippen molar-refractivity contribution < 1.29 is 14.4 Å². The van der Waals surface area contributed by atoms with E-state index in [0.29, 0.717) is 31.9 Å². The third-order valence-electron chi connectivity index (χ3n) is 3.32. The summed E-state index contributed by atoms with van der Waals surface area (Å²) in [6, 6.07) is 5.46. The van der Waals surface area contributed by atoms with Crippen molar-refractivity contribution in [3.05, 3.63) is 28.2 Å². The second-order valence-electron chi connectivity index (χ2n) is 4.87. The van der Waals surface area contributed by atoms with Gasteiger partial charge in [-0.25, -0.2) is 0 Å². The van der Waals surface area contributed by atoms with Crippen molar-refractivity contribution in [3.63, 3.8) is 0 Å². The number of hydrogen-bond donors (Lipinski definition) is 1. The molecule has 21 heavy (non-hydrogen) atoms. The van der Waals surface area contributed by atoms with Gasteiger partial charge in [-0.15, -0.1) is 0 Å². The minimum atomic E-state index is -0.667. The van der Waals surface area contributed by atoms with Gasteiger partial charge in [0.25, 0.3) is 0 Å².